The van der Waals surface area contributed by atoms with E-state index in [0.29, 0.717) is 18.4 Å². The molecule has 1 aromatic rings. The lowest BCUT2D eigenvalue weighted by atomic mass is 9.84. The Morgan fingerprint density at radius 3 is 2.74 bits per heavy atom. The highest BCUT2D eigenvalue weighted by molar-refractivity contribution is 5.23. The van der Waals surface area contributed by atoms with Gasteiger partial charge in [0.05, 0.1) is 6.61 Å². The van der Waals surface area contributed by atoms with Gasteiger partial charge < -0.3 is 10.1 Å². The molecule has 2 rings (SSSR count). The summed E-state index contributed by atoms with van der Waals surface area (Å²) in [6, 6.07) is 7.22. The van der Waals surface area contributed by atoms with Crippen molar-refractivity contribution < 1.29 is 9.13 Å². The Hall–Kier alpha value is -0.930. The maximum Gasteiger partial charge on any atom is 0.126 e. The van der Waals surface area contributed by atoms with Crippen LogP contribution in [0.25, 0.3) is 0 Å². The van der Waals surface area contributed by atoms with Crippen molar-refractivity contribution >= 4 is 0 Å². The molecule has 106 valence electrons. The van der Waals surface area contributed by atoms with Crippen LogP contribution in [0, 0.1) is 11.7 Å². The first-order chi connectivity index (χ1) is 9.33. The van der Waals surface area contributed by atoms with Gasteiger partial charge in [0, 0.05) is 26.1 Å². The molecule has 0 amide bonds. The van der Waals surface area contributed by atoms with E-state index < -0.39 is 0 Å². The third kappa shape index (κ3) is 4.02. The van der Waals surface area contributed by atoms with E-state index in [0.717, 1.165) is 18.7 Å². The SMILES string of the molecule is COCCNCC(c1ccccc1F)C1CCCC1. The molecule has 19 heavy (non-hydrogen) atoms. The van der Waals surface area contributed by atoms with Gasteiger partial charge >= 0.3 is 0 Å². The lowest BCUT2D eigenvalue weighted by molar-refractivity contribution is 0.197. The zero-order valence-electron chi connectivity index (χ0n) is 11.7. The third-order valence-corrected chi connectivity index (χ3v) is 4.12. The van der Waals surface area contributed by atoms with Crippen LogP contribution in [0.2, 0.25) is 0 Å². The smallest absolute Gasteiger partial charge is 0.126 e. The predicted octanol–water partition coefficient (Wildman–Crippen LogP) is 3.34. The highest BCUT2D eigenvalue weighted by Crippen LogP contribution is 2.37. The summed E-state index contributed by atoms with van der Waals surface area (Å²) in [7, 11) is 1.70. The van der Waals surface area contributed by atoms with Gasteiger partial charge in [-0.15, -0.1) is 0 Å². The van der Waals surface area contributed by atoms with Crippen molar-refractivity contribution in [3.8, 4) is 0 Å². The third-order valence-electron chi connectivity index (χ3n) is 4.12. The zero-order chi connectivity index (χ0) is 13.5. The average Bonchev–Trinajstić information content (AvgIpc) is 2.94. The Morgan fingerprint density at radius 1 is 1.32 bits per heavy atom. The summed E-state index contributed by atoms with van der Waals surface area (Å²) in [5.74, 6) is 0.848. The maximum atomic E-state index is 14.0. The highest BCUT2D eigenvalue weighted by Gasteiger charge is 2.27. The fraction of sp³-hybridized carbons (Fsp3) is 0.625. The molecule has 1 fully saturated rings. The highest BCUT2D eigenvalue weighted by atomic mass is 19.1. The summed E-state index contributed by atoms with van der Waals surface area (Å²) < 4.78 is 19.1. The minimum absolute atomic E-state index is 0.0621. The van der Waals surface area contributed by atoms with Crippen molar-refractivity contribution in [2.24, 2.45) is 5.92 Å². The van der Waals surface area contributed by atoms with E-state index in [2.05, 4.69) is 5.32 Å². The second-order valence-electron chi connectivity index (χ2n) is 5.37. The Labute approximate surface area is 115 Å². The van der Waals surface area contributed by atoms with Gasteiger partial charge in [-0.2, -0.15) is 0 Å². The quantitative estimate of drug-likeness (QED) is 0.764. The van der Waals surface area contributed by atoms with Crippen LogP contribution in [0.5, 0.6) is 0 Å². The number of halogens is 1. The topological polar surface area (TPSA) is 21.3 Å². The number of nitrogens with one attached hydrogen (secondary N) is 1. The molecule has 2 nitrogen and oxygen atoms in total. The van der Waals surface area contributed by atoms with Crippen LogP contribution in [0.1, 0.15) is 37.2 Å². The molecule has 1 aromatic carbocycles. The van der Waals surface area contributed by atoms with Crippen LogP contribution < -0.4 is 5.32 Å². The van der Waals surface area contributed by atoms with Gasteiger partial charge in [0.2, 0.25) is 0 Å². The molecule has 0 heterocycles. The first-order valence-electron chi connectivity index (χ1n) is 7.27. The van der Waals surface area contributed by atoms with Crippen molar-refractivity contribution in [3.05, 3.63) is 35.6 Å². The minimum atomic E-state index is -0.0621. The molecule has 1 aliphatic rings. The van der Waals surface area contributed by atoms with Crippen molar-refractivity contribution in [2.45, 2.75) is 31.6 Å². The number of benzene rings is 1. The number of hydrogen-bond donors (Lipinski definition) is 1. The fourth-order valence-electron chi connectivity index (χ4n) is 3.10. The van der Waals surface area contributed by atoms with Crippen molar-refractivity contribution in [1.82, 2.24) is 5.32 Å². The predicted molar refractivity (Wildman–Crippen MR) is 75.8 cm³/mol. The molecular weight excluding hydrogens is 241 g/mol. The van der Waals surface area contributed by atoms with Crippen LogP contribution in [-0.4, -0.2) is 26.8 Å². The molecule has 1 saturated carbocycles. The number of methoxy groups -OCH3 is 1. The van der Waals surface area contributed by atoms with Crippen molar-refractivity contribution in [1.29, 1.82) is 0 Å². The van der Waals surface area contributed by atoms with Crippen LogP contribution in [-0.2, 0) is 4.74 Å². The molecule has 0 aromatic heterocycles. The van der Waals surface area contributed by atoms with Gasteiger partial charge in [0.15, 0.2) is 0 Å². The van der Waals surface area contributed by atoms with Gasteiger partial charge in [-0.1, -0.05) is 31.0 Å². The molecule has 3 heteroatoms. The zero-order valence-corrected chi connectivity index (χ0v) is 11.7. The summed E-state index contributed by atoms with van der Waals surface area (Å²) in [6.45, 7) is 2.37. The molecule has 1 N–H and O–H groups in total. The molecule has 1 aliphatic carbocycles. The van der Waals surface area contributed by atoms with E-state index in [1.807, 2.05) is 12.1 Å². The summed E-state index contributed by atoms with van der Waals surface area (Å²) >= 11 is 0. The molecular formula is C16H24FNO. The molecule has 1 atom stereocenters. The second kappa shape index (κ2) is 7.61. The van der Waals surface area contributed by atoms with E-state index in [1.165, 1.54) is 25.7 Å². The summed E-state index contributed by atoms with van der Waals surface area (Å²) in [4.78, 5) is 0. The maximum absolute atomic E-state index is 14.0. The Kier molecular flexibility index (Phi) is 5.80. The van der Waals surface area contributed by atoms with Gasteiger partial charge in [-0.25, -0.2) is 4.39 Å². The largest absolute Gasteiger partial charge is 0.383 e. The molecule has 0 bridgehead atoms. The Bertz CT molecular complexity index is 377. The number of rotatable bonds is 7. The fourth-order valence-corrected chi connectivity index (χ4v) is 3.10. The van der Waals surface area contributed by atoms with Gasteiger partial charge in [-0.3, -0.25) is 0 Å². The van der Waals surface area contributed by atoms with Crippen LogP contribution in [0.15, 0.2) is 24.3 Å². The first-order valence-corrected chi connectivity index (χ1v) is 7.27. The molecule has 0 aliphatic heterocycles. The molecule has 0 radical (unpaired) electrons. The monoisotopic (exact) mass is 265 g/mol. The number of ether oxygens (including phenoxy) is 1. The summed E-state index contributed by atoms with van der Waals surface area (Å²) in [6.07, 6.45) is 5.03. The molecule has 0 spiro atoms. The molecule has 1 unspecified atom stereocenters. The van der Waals surface area contributed by atoms with E-state index in [-0.39, 0.29) is 5.82 Å². The minimum Gasteiger partial charge on any atom is -0.383 e. The van der Waals surface area contributed by atoms with E-state index in [1.54, 1.807) is 19.2 Å². The lowest BCUT2D eigenvalue weighted by Crippen LogP contribution is -2.28. The van der Waals surface area contributed by atoms with Crippen LogP contribution >= 0.6 is 0 Å². The Balaban J connectivity index is 2.03. The lowest BCUT2D eigenvalue weighted by Gasteiger charge is -2.25. The first kappa shape index (κ1) is 14.5. The van der Waals surface area contributed by atoms with Crippen LogP contribution in [0.3, 0.4) is 0 Å². The van der Waals surface area contributed by atoms with Gasteiger partial charge in [-0.05, 0) is 30.4 Å². The van der Waals surface area contributed by atoms with Crippen LogP contribution in [0.4, 0.5) is 4.39 Å². The van der Waals surface area contributed by atoms with E-state index in [4.69, 9.17) is 4.74 Å². The van der Waals surface area contributed by atoms with Gasteiger partial charge in [0.25, 0.3) is 0 Å². The number of hydrogen-bond acceptors (Lipinski definition) is 2. The van der Waals surface area contributed by atoms with Crippen molar-refractivity contribution in [2.75, 3.05) is 26.8 Å². The normalized spacial score (nSPS) is 17.8. The summed E-state index contributed by atoms with van der Waals surface area (Å²) in [5, 5.41) is 3.40. The summed E-state index contributed by atoms with van der Waals surface area (Å²) in [5.41, 5.74) is 0.874. The van der Waals surface area contributed by atoms with Crippen molar-refractivity contribution in [3.63, 3.8) is 0 Å². The average molecular weight is 265 g/mol. The Morgan fingerprint density at radius 2 is 2.05 bits per heavy atom. The van der Waals surface area contributed by atoms with E-state index >= 15 is 0 Å². The molecule has 0 saturated heterocycles. The van der Waals surface area contributed by atoms with Gasteiger partial charge in [0.1, 0.15) is 5.82 Å². The van der Waals surface area contributed by atoms with E-state index in [9.17, 15) is 4.39 Å². The second-order valence-corrected chi connectivity index (χ2v) is 5.37. The standard InChI is InChI=1S/C16H24FNO/c1-19-11-10-18-12-15(13-6-2-3-7-13)14-8-4-5-9-16(14)17/h4-5,8-9,13,15,18H,2-3,6-7,10-12H2,1H3.